The Morgan fingerprint density at radius 2 is 0.875 bits per heavy atom. The van der Waals surface area contributed by atoms with Crippen LogP contribution in [-0.4, -0.2) is 22.9 Å². The summed E-state index contributed by atoms with van der Waals surface area (Å²) in [5.74, 6) is -1.84. The van der Waals surface area contributed by atoms with Crippen LogP contribution in [0.15, 0.2) is 0 Å². The Morgan fingerprint density at radius 1 is 0.625 bits per heavy atom. The molecule has 156 valence electrons. The number of carbonyl (C=O) groups is 2. The molecule has 0 aliphatic carbocycles. The molecule has 0 rings (SSSR count). The summed E-state index contributed by atoms with van der Waals surface area (Å²) in [6, 6.07) is 0. The van der Waals surface area contributed by atoms with E-state index in [1.54, 1.807) is 0 Å². The summed E-state index contributed by atoms with van der Waals surface area (Å²) in [5.41, 5.74) is 0. The molecule has 0 aromatic heterocycles. The number of unbranched alkanes of at least 4 members (excludes halogenated alkanes) is 8. The molecule has 24 heavy (non-hydrogen) atoms. The predicted octanol–water partition coefficient (Wildman–Crippen LogP) is 0.539. The van der Waals surface area contributed by atoms with Crippen molar-refractivity contribution < 1.29 is 64.9 Å². The minimum absolute atomic E-state index is 0. The van der Waals surface area contributed by atoms with Gasteiger partial charge in [0, 0.05) is 29.0 Å². The van der Waals surface area contributed by atoms with E-state index in [1.165, 1.54) is 25.7 Å². The van der Waals surface area contributed by atoms with E-state index in [0.717, 1.165) is 38.5 Å². The number of aliphatic carboxylic acids is 2. The van der Waals surface area contributed by atoms with E-state index in [9.17, 15) is 19.8 Å². The summed E-state index contributed by atoms with van der Waals surface area (Å²) in [7, 11) is 0. The molecule has 0 saturated heterocycles. The first-order valence-electron chi connectivity index (χ1n) is 7.94. The third-order valence-corrected chi connectivity index (χ3v) is 2.97. The van der Waals surface area contributed by atoms with Crippen LogP contribution < -0.4 is 10.2 Å². The van der Waals surface area contributed by atoms with Crippen LogP contribution in [0.4, 0.5) is 0 Å². The van der Waals surface area contributed by atoms with Gasteiger partial charge in [-0.2, -0.15) is 0 Å². The molecule has 0 aromatic carbocycles. The summed E-state index contributed by atoms with van der Waals surface area (Å²) in [4.78, 5) is 19.8. The molecule has 2 radical (unpaired) electrons. The van der Waals surface area contributed by atoms with Crippen LogP contribution in [0.2, 0.25) is 0 Å². The van der Waals surface area contributed by atoms with Crippen molar-refractivity contribution in [1.82, 2.24) is 0 Å². The Labute approximate surface area is 167 Å². The van der Waals surface area contributed by atoms with Crippen molar-refractivity contribution in [3.63, 3.8) is 0 Å². The van der Waals surface area contributed by atoms with Crippen LogP contribution >= 0.6 is 0 Å². The molecular weight excluding hydrogens is 415 g/mol. The zero-order chi connectivity index (χ0) is 15.6. The molecule has 0 bridgehead atoms. The van der Waals surface area contributed by atoms with Gasteiger partial charge in [0.2, 0.25) is 0 Å². The second-order valence-electron chi connectivity index (χ2n) is 5.07. The minimum atomic E-state index is -0.920. The van der Waals surface area contributed by atoms with Crippen molar-refractivity contribution in [2.45, 2.75) is 90.9 Å². The summed E-state index contributed by atoms with van der Waals surface area (Å²) in [6.07, 6.45) is 11.2. The summed E-state index contributed by atoms with van der Waals surface area (Å²) in [6.45, 7) is 4.28. The standard InChI is InChI=1S/2C8H16O2.2Cu.2H2O/c2*1-2-3-4-5-6-7-8(9)10;;;;/h2*2-7H2,1H3,(H,9,10);;;2*1H2/q;;;+2;;/p-2. The number of carbonyl (C=O) groups excluding carboxylic acids is 2. The molecule has 8 heteroatoms. The molecule has 0 fully saturated rings. The van der Waals surface area contributed by atoms with Crippen LogP contribution in [0.3, 0.4) is 0 Å². The second-order valence-corrected chi connectivity index (χ2v) is 5.07. The van der Waals surface area contributed by atoms with Crippen LogP contribution in [0, 0.1) is 0 Å². The van der Waals surface area contributed by atoms with Gasteiger partial charge >= 0.3 is 17.1 Å². The van der Waals surface area contributed by atoms with E-state index in [4.69, 9.17) is 0 Å². The maximum Gasteiger partial charge on any atom is 2.00 e. The topological polar surface area (TPSA) is 143 Å². The molecule has 0 aliphatic rings. The van der Waals surface area contributed by atoms with Gasteiger partial charge in [0.15, 0.2) is 0 Å². The Kier molecular flexibility index (Phi) is 55.9. The number of rotatable bonds is 12. The molecule has 0 heterocycles. The van der Waals surface area contributed by atoms with Gasteiger partial charge in [-0.15, -0.1) is 0 Å². The largest absolute Gasteiger partial charge is 2.00 e. The number of hydrogen-bond acceptors (Lipinski definition) is 4. The fourth-order valence-corrected chi connectivity index (χ4v) is 1.75. The molecule has 0 atom stereocenters. The summed E-state index contributed by atoms with van der Waals surface area (Å²) < 4.78 is 0. The molecule has 0 unspecified atom stereocenters. The Morgan fingerprint density at radius 3 is 1.08 bits per heavy atom. The predicted molar refractivity (Wildman–Crippen MR) is 84.0 cm³/mol. The van der Waals surface area contributed by atoms with Crippen LogP contribution in [0.1, 0.15) is 90.9 Å². The average molecular weight is 450 g/mol. The molecular formula is C16H34Cu2O6. The van der Waals surface area contributed by atoms with Crippen molar-refractivity contribution in [3.05, 3.63) is 0 Å². The molecule has 0 spiro atoms. The van der Waals surface area contributed by atoms with E-state index < -0.39 is 11.9 Å². The van der Waals surface area contributed by atoms with Crippen molar-refractivity contribution >= 4 is 11.9 Å². The van der Waals surface area contributed by atoms with Crippen molar-refractivity contribution in [2.75, 3.05) is 0 Å². The van der Waals surface area contributed by atoms with E-state index in [0.29, 0.717) is 0 Å². The van der Waals surface area contributed by atoms with Gasteiger partial charge in [0.05, 0.1) is 0 Å². The van der Waals surface area contributed by atoms with E-state index >= 15 is 0 Å². The van der Waals surface area contributed by atoms with Gasteiger partial charge in [0.1, 0.15) is 0 Å². The SMILES string of the molecule is CCCCCCCC(=O)[O-].CCCCCCCC(=O)[O-].O.O.[Cu+2].[Cu]. The van der Waals surface area contributed by atoms with Crippen LogP contribution in [0.25, 0.3) is 0 Å². The van der Waals surface area contributed by atoms with Crippen molar-refractivity contribution in [1.29, 1.82) is 0 Å². The summed E-state index contributed by atoms with van der Waals surface area (Å²) >= 11 is 0. The number of hydrogen-bond donors (Lipinski definition) is 0. The smallest absolute Gasteiger partial charge is 0.550 e. The van der Waals surface area contributed by atoms with Gasteiger partial charge in [-0.3, -0.25) is 0 Å². The van der Waals surface area contributed by atoms with E-state index in [1.807, 2.05) is 0 Å². The van der Waals surface area contributed by atoms with Gasteiger partial charge in [0.25, 0.3) is 0 Å². The maximum absolute atomic E-state index is 9.92. The van der Waals surface area contributed by atoms with Crippen LogP contribution in [0.5, 0.6) is 0 Å². The zero-order valence-electron chi connectivity index (χ0n) is 14.7. The Hall–Kier alpha value is -0.101. The van der Waals surface area contributed by atoms with Crippen molar-refractivity contribution in [2.24, 2.45) is 0 Å². The van der Waals surface area contributed by atoms with Crippen molar-refractivity contribution in [3.8, 4) is 0 Å². The number of carboxylic acid groups (broad SMARTS) is 2. The van der Waals surface area contributed by atoms with Gasteiger partial charge in [-0.25, -0.2) is 0 Å². The van der Waals surface area contributed by atoms with Gasteiger partial charge in [-0.1, -0.05) is 65.2 Å². The first-order chi connectivity index (χ1) is 9.54. The molecule has 0 amide bonds. The third-order valence-electron chi connectivity index (χ3n) is 2.97. The molecule has 0 aromatic rings. The summed E-state index contributed by atoms with van der Waals surface area (Å²) in [5, 5.41) is 19.8. The van der Waals surface area contributed by atoms with Gasteiger partial charge in [-0.05, 0) is 25.7 Å². The maximum atomic E-state index is 9.92. The first kappa shape index (κ1) is 39.1. The zero-order valence-corrected chi connectivity index (χ0v) is 16.6. The first-order valence-corrected chi connectivity index (χ1v) is 7.94. The molecule has 0 aliphatic heterocycles. The van der Waals surface area contributed by atoms with E-state index in [2.05, 4.69) is 13.8 Å². The van der Waals surface area contributed by atoms with Gasteiger partial charge < -0.3 is 30.8 Å². The average Bonchev–Trinajstić information content (AvgIpc) is 2.38. The molecule has 4 N–H and O–H groups in total. The van der Waals surface area contributed by atoms with E-state index in [-0.39, 0.29) is 57.9 Å². The van der Waals surface area contributed by atoms with Crippen LogP contribution in [-0.2, 0) is 43.7 Å². The number of carboxylic acids is 2. The minimum Gasteiger partial charge on any atom is -0.550 e. The normalized spacial score (nSPS) is 8.08. The molecule has 6 nitrogen and oxygen atoms in total. The fourth-order valence-electron chi connectivity index (χ4n) is 1.75. The second kappa shape index (κ2) is 34.3. The fraction of sp³-hybridized carbons (Fsp3) is 0.875. The Bertz CT molecular complexity index is 217. The monoisotopic (exact) mass is 448 g/mol. The third kappa shape index (κ3) is 49.5. The Balaban J connectivity index is -0.0000000579. The quantitative estimate of drug-likeness (QED) is 0.316. The molecule has 0 saturated carbocycles.